The van der Waals surface area contributed by atoms with Gasteiger partial charge in [-0.25, -0.2) is 9.78 Å². The Morgan fingerprint density at radius 2 is 1.51 bits per heavy atom. The van der Waals surface area contributed by atoms with E-state index >= 15 is 0 Å². The molecule has 4 atom stereocenters. The molecule has 0 aliphatic carbocycles. The third-order valence-electron chi connectivity index (χ3n) is 5.23. The number of rotatable bonds is 15. The van der Waals surface area contributed by atoms with E-state index in [1.807, 2.05) is 13.8 Å². The molecule has 1 aromatic rings. The molecule has 13 nitrogen and oxygen atoms in total. The minimum atomic E-state index is -1.28. The second kappa shape index (κ2) is 14.0. The number of H-pyrrole nitrogens is 1. The molecule has 196 valence electrons. The van der Waals surface area contributed by atoms with Gasteiger partial charge in [0.25, 0.3) is 0 Å². The van der Waals surface area contributed by atoms with Crippen molar-refractivity contribution in [1.82, 2.24) is 25.9 Å². The minimum Gasteiger partial charge on any atom is -0.481 e. The molecule has 35 heavy (non-hydrogen) atoms. The average Bonchev–Trinajstić information content (AvgIpc) is 3.27. The van der Waals surface area contributed by atoms with Crippen LogP contribution in [0.2, 0.25) is 0 Å². The van der Waals surface area contributed by atoms with E-state index in [0.29, 0.717) is 5.69 Å². The minimum absolute atomic E-state index is 0.0478. The Morgan fingerprint density at radius 3 is 2.00 bits per heavy atom. The number of carboxylic acids is 2. The molecule has 0 saturated carbocycles. The molecule has 0 spiro atoms. The number of nitrogens with zero attached hydrogens (tertiary/aromatic N) is 1. The van der Waals surface area contributed by atoms with Crippen LogP contribution in [-0.2, 0) is 30.4 Å². The van der Waals surface area contributed by atoms with Crippen molar-refractivity contribution < 1.29 is 34.2 Å². The fraction of sp³-hybridized carbons (Fsp3) is 0.636. The summed E-state index contributed by atoms with van der Waals surface area (Å²) in [6.45, 7) is 7.08. The van der Waals surface area contributed by atoms with Crippen molar-refractivity contribution in [3.63, 3.8) is 0 Å². The zero-order valence-electron chi connectivity index (χ0n) is 20.4. The maximum Gasteiger partial charge on any atom is 0.326 e. The summed E-state index contributed by atoms with van der Waals surface area (Å²) in [5.41, 5.74) is 6.33. The fourth-order valence-electron chi connectivity index (χ4n) is 3.17. The third kappa shape index (κ3) is 10.5. The lowest BCUT2D eigenvalue weighted by Crippen LogP contribution is -2.58. The van der Waals surface area contributed by atoms with Crippen molar-refractivity contribution in [3.05, 3.63) is 18.2 Å². The van der Waals surface area contributed by atoms with Crippen molar-refractivity contribution in [3.8, 4) is 0 Å². The fourth-order valence-corrected chi connectivity index (χ4v) is 3.17. The Labute approximate surface area is 203 Å². The SMILES string of the molecule is CC(C)CC(NC(=O)C(CCC(=O)O)NC(=O)C(N)C(C)C)C(=O)NC(Cc1cnc[nH]1)C(=O)O. The van der Waals surface area contributed by atoms with Crippen molar-refractivity contribution in [2.75, 3.05) is 0 Å². The predicted molar refractivity (Wildman–Crippen MR) is 125 cm³/mol. The lowest BCUT2D eigenvalue weighted by atomic mass is 10.0. The van der Waals surface area contributed by atoms with Crippen LogP contribution in [0.1, 0.15) is 52.7 Å². The van der Waals surface area contributed by atoms with Crippen LogP contribution in [-0.4, -0.2) is 74.0 Å². The van der Waals surface area contributed by atoms with Gasteiger partial charge >= 0.3 is 11.9 Å². The number of hydrogen-bond donors (Lipinski definition) is 7. The third-order valence-corrected chi connectivity index (χ3v) is 5.23. The van der Waals surface area contributed by atoms with Crippen molar-refractivity contribution in [2.45, 2.75) is 77.5 Å². The largest absolute Gasteiger partial charge is 0.481 e. The number of nitrogens with one attached hydrogen (secondary N) is 4. The number of carboxylic acid groups (broad SMARTS) is 2. The molecule has 0 aliphatic rings. The van der Waals surface area contributed by atoms with Crippen LogP contribution in [0.15, 0.2) is 12.5 Å². The second-order valence-electron chi connectivity index (χ2n) is 9.13. The second-order valence-corrected chi connectivity index (χ2v) is 9.13. The molecule has 0 radical (unpaired) electrons. The van der Waals surface area contributed by atoms with Crippen molar-refractivity contribution >= 4 is 29.7 Å². The molecule has 0 aliphatic heterocycles. The van der Waals surface area contributed by atoms with Crippen LogP contribution >= 0.6 is 0 Å². The highest BCUT2D eigenvalue weighted by Gasteiger charge is 2.31. The molecule has 0 bridgehead atoms. The quantitative estimate of drug-likeness (QED) is 0.164. The van der Waals surface area contributed by atoms with E-state index in [1.54, 1.807) is 13.8 Å². The Morgan fingerprint density at radius 1 is 0.943 bits per heavy atom. The van der Waals surface area contributed by atoms with Crippen LogP contribution in [0.4, 0.5) is 0 Å². The lowest BCUT2D eigenvalue weighted by Gasteiger charge is -2.26. The Hall–Kier alpha value is -3.48. The summed E-state index contributed by atoms with van der Waals surface area (Å²) in [5, 5.41) is 26.0. The van der Waals surface area contributed by atoms with Crippen LogP contribution in [0.3, 0.4) is 0 Å². The first-order valence-electron chi connectivity index (χ1n) is 11.4. The molecule has 1 aromatic heterocycles. The summed E-state index contributed by atoms with van der Waals surface area (Å²) >= 11 is 0. The molecule has 4 unspecified atom stereocenters. The van der Waals surface area contributed by atoms with Gasteiger partial charge in [0, 0.05) is 24.7 Å². The normalized spacial score (nSPS) is 14.6. The lowest BCUT2D eigenvalue weighted by molar-refractivity contribution is -0.142. The van der Waals surface area contributed by atoms with Gasteiger partial charge in [-0.3, -0.25) is 19.2 Å². The van der Waals surface area contributed by atoms with Crippen LogP contribution in [0.5, 0.6) is 0 Å². The van der Waals surface area contributed by atoms with E-state index in [0.717, 1.165) is 0 Å². The highest BCUT2D eigenvalue weighted by molar-refractivity contribution is 5.94. The van der Waals surface area contributed by atoms with Crippen LogP contribution < -0.4 is 21.7 Å². The number of carbonyl (C=O) groups excluding carboxylic acids is 3. The first kappa shape index (κ1) is 29.6. The molecule has 8 N–H and O–H groups in total. The highest BCUT2D eigenvalue weighted by atomic mass is 16.4. The maximum absolute atomic E-state index is 13.0. The molecule has 1 rings (SSSR count). The van der Waals surface area contributed by atoms with Crippen molar-refractivity contribution in [2.24, 2.45) is 17.6 Å². The summed E-state index contributed by atoms with van der Waals surface area (Å²) in [6.07, 6.45) is 2.33. The molecular weight excluding hydrogens is 460 g/mol. The maximum atomic E-state index is 13.0. The number of amides is 3. The van der Waals surface area contributed by atoms with Gasteiger partial charge in [0.1, 0.15) is 18.1 Å². The smallest absolute Gasteiger partial charge is 0.326 e. The monoisotopic (exact) mass is 496 g/mol. The summed E-state index contributed by atoms with van der Waals surface area (Å²) in [6, 6.07) is -4.55. The Balaban J connectivity index is 3.01. The van der Waals surface area contributed by atoms with E-state index in [1.165, 1.54) is 12.5 Å². The zero-order chi connectivity index (χ0) is 26.7. The van der Waals surface area contributed by atoms with Gasteiger partial charge in [-0.15, -0.1) is 0 Å². The van der Waals surface area contributed by atoms with E-state index in [9.17, 15) is 29.1 Å². The molecule has 1 heterocycles. The van der Waals surface area contributed by atoms with Gasteiger partial charge < -0.3 is 36.9 Å². The van der Waals surface area contributed by atoms with Gasteiger partial charge in [-0.05, 0) is 24.7 Å². The molecule has 0 fully saturated rings. The van der Waals surface area contributed by atoms with Gasteiger partial charge in [0.2, 0.25) is 17.7 Å². The number of imidazole rings is 1. The Bertz CT molecular complexity index is 872. The number of aliphatic carboxylic acids is 2. The van der Waals surface area contributed by atoms with Crippen LogP contribution in [0.25, 0.3) is 0 Å². The van der Waals surface area contributed by atoms with E-state index in [4.69, 9.17) is 10.8 Å². The van der Waals surface area contributed by atoms with Crippen LogP contribution in [0, 0.1) is 11.8 Å². The number of carbonyl (C=O) groups is 5. The van der Waals surface area contributed by atoms with E-state index in [-0.39, 0.29) is 31.1 Å². The highest BCUT2D eigenvalue weighted by Crippen LogP contribution is 2.09. The first-order chi connectivity index (χ1) is 16.3. The topological polar surface area (TPSA) is 217 Å². The van der Waals surface area contributed by atoms with Gasteiger partial charge in [-0.2, -0.15) is 0 Å². The van der Waals surface area contributed by atoms with Crippen molar-refractivity contribution in [1.29, 1.82) is 0 Å². The molecule has 3 amide bonds. The standard InChI is InChI=1S/C22H36N6O7/c1-11(2)7-15(20(32)28-16(22(34)35)8-13-9-24-10-25-13)27-19(31)14(5-6-17(29)30)26-21(33)18(23)12(3)4/h9-12,14-16,18H,5-8,23H2,1-4H3,(H,24,25)(H,26,33)(H,27,31)(H,28,32)(H,29,30)(H,34,35). The number of aromatic amines is 1. The average molecular weight is 497 g/mol. The Kier molecular flexibility index (Phi) is 11.9. The van der Waals surface area contributed by atoms with Gasteiger partial charge in [0.05, 0.1) is 12.4 Å². The number of aromatic nitrogens is 2. The van der Waals surface area contributed by atoms with Gasteiger partial charge in [-0.1, -0.05) is 27.7 Å². The number of nitrogens with two attached hydrogens (primary N) is 1. The van der Waals surface area contributed by atoms with Gasteiger partial charge in [0.15, 0.2) is 0 Å². The van der Waals surface area contributed by atoms with E-state index < -0.39 is 60.2 Å². The summed E-state index contributed by atoms with van der Waals surface area (Å²) in [5.74, 6) is -4.82. The molecular formula is C22H36N6O7. The molecule has 0 saturated heterocycles. The number of hydrogen-bond acceptors (Lipinski definition) is 7. The summed E-state index contributed by atoms with van der Waals surface area (Å²) in [4.78, 5) is 67.6. The molecule has 13 heteroatoms. The first-order valence-corrected chi connectivity index (χ1v) is 11.4. The molecule has 0 aromatic carbocycles. The predicted octanol–water partition coefficient (Wildman–Crippen LogP) is -0.615. The van der Waals surface area contributed by atoms with E-state index in [2.05, 4.69) is 25.9 Å². The summed E-state index contributed by atoms with van der Waals surface area (Å²) in [7, 11) is 0. The summed E-state index contributed by atoms with van der Waals surface area (Å²) < 4.78 is 0. The zero-order valence-corrected chi connectivity index (χ0v) is 20.4.